The second-order valence-corrected chi connectivity index (χ2v) is 7.50. The molecule has 1 heterocycles. The molecule has 1 amide bonds. The highest BCUT2D eigenvalue weighted by Gasteiger charge is 2.19. The summed E-state index contributed by atoms with van der Waals surface area (Å²) in [4.78, 5) is 32.5. The summed E-state index contributed by atoms with van der Waals surface area (Å²) < 4.78 is 10.0. The molecular weight excluding hydrogens is 384 g/mol. The predicted molar refractivity (Wildman–Crippen MR) is 114 cm³/mol. The molecule has 8 heteroatoms. The second kappa shape index (κ2) is 9.74. The van der Waals surface area contributed by atoms with Gasteiger partial charge in [0.2, 0.25) is 5.82 Å². The number of carbonyl (C=O) groups excluding carboxylic acids is 2. The van der Waals surface area contributed by atoms with E-state index in [-0.39, 0.29) is 17.9 Å². The third-order valence-corrected chi connectivity index (χ3v) is 3.68. The highest BCUT2D eigenvalue weighted by Crippen LogP contribution is 2.22. The summed E-state index contributed by atoms with van der Waals surface area (Å²) in [7, 11) is 1.30. The number of aryl methyl sites for hydroxylation is 2. The number of benzene rings is 1. The van der Waals surface area contributed by atoms with Crippen molar-refractivity contribution in [2.24, 2.45) is 0 Å². The van der Waals surface area contributed by atoms with Crippen molar-refractivity contribution in [2.45, 2.75) is 40.2 Å². The molecule has 2 N–H and O–H groups in total. The molecular formula is C22H26N4O4. The molecule has 30 heavy (non-hydrogen) atoms. The minimum atomic E-state index is -0.586. The molecule has 0 saturated heterocycles. The minimum Gasteiger partial charge on any atom is -0.465 e. The van der Waals surface area contributed by atoms with E-state index in [0.717, 1.165) is 11.3 Å². The van der Waals surface area contributed by atoms with Gasteiger partial charge in [0.25, 0.3) is 0 Å². The first kappa shape index (κ1) is 22.7. The molecule has 0 spiro atoms. The van der Waals surface area contributed by atoms with Gasteiger partial charge in [0, 0.05) is 5.69 Å². The lowest BCUT2D eigenvalue weighted by atomic mass is 10.2. The SMILES string of the molecule is COC(=O)c1c(C)nc(C#CCNC(=O)OC(C)(C)C)nc1Nc1cccc(C)c1. The summed E-state index contributed by atoms with van der Waals surface area (Å²) >= 11 is 0. The Balaban J connectivity index is 2.25. The lowest BCUT2D eigenvalue weighted by Crippen LogP contribution is -2.32. The molecule has 0 atom stereocenters. The van der Waals surface area contributed by atoms with E-state index in [1.165, 1.54) is 7.11 Å². The van der Waals surface area contributed by atoms with Gasteiger partial charge in [-0.3, -0.25) is 0 Å². The van der Waals surface area contributed by atoms with Crippen LogP contribution in [0.3, 0.4) is 0 Å². The first-order valence-electron chi connectivity index (χ1n) is 9.35. The maximum atomic E-state index is 12.2. The van der Waals surface area contributed by atoms with E-state index in [1.54, 1.807) is 27.7 Å². The van der Waals surface area contributed by atoms with E-state index in [9.17, 15) is 9.59 Å². The van der Waals surface area contributed by atoms with E-state index in [4.69, 9.17) is 9.47 Å². The molecule has 0 bridgehead atoms. The summed E-state index contributed by atoms with van der Waals surface area (Å²) in [6.07, 6.45) is -0.559. The number of ether oxygens (including phenoxy) is 2. The Morgan fingerprint density at radius 1 is 1.17 bits per heavy atom. The van der Waals surface area contributed by atoms with Crippen molar-refractivity contribution >= 4 is 23.6 Å². The third-order valence-electron chi connectivity index (χ3n) is 3.68. The van der Waals surface area contributed by atoms with Gasteiger partial charge >= 0.3 is 12.1 Å². The van der Waals surface area contributed by atoms with Gasteiger partial charge in [-0.1, -0.05) is 18.1 Å². The highest BCUT2D eigenvalue weighted by atomic mass is 16.6. The van der Waals surface area contributed by atoms with E-state index in [2.05, 4.69) is 32.4 Å². The van der Waals surface area contributed by atoms with Crippen LogP contribution in [0.25, 0.3) is 0 Å². The number of hydrogen-bond donors (Lipinski definition) is 2. The molecule has 158 valence electrons. The van der Waals surface area contributed by atoms with Crippen molar-refractivity contribution in [3.05, 3.63) is 46.9 Å². The Hall–Kier alpha value is -3.60. The fraction of sp³-hybridized carbons (Fsp3) is 0.364. The van der Waals surface area contributed by atoms with Gasteiger partial charge in [0.05, 0.1) is 19.3 Å². The number of hydrogen-bond acceptors (Lipinski definition) is 7. The minimum absolute atomic E-state index is 0.0662. The predicted octanol–water partition coefficient (Wildman–Crippen LogP) is 3.50. The van der Waals surface area contributed by atoms with E-state index in [0.29, 0.717) is 11.5 Å². The molecule has 2 rings (SSSR count). The van der Waals surface area contributed by atoms with Gasteiger partial charge in [-0.05, 0) is 58.2 Å². The van der Waals surface area contributed by atoms with Crippen LogP contribution >= 0.6 is 0 Å². The van der Waals surface area contributed by atoms with Crippen LogP contribution < -0.4 is 10.6 Å². The van der Waals surface area contributed by atoms with Crippen LogP contribution in [-0.2, 0) is 9.47 Å². The summed E-state index contributed by atoms with van der Waals surface area (Å²) in [5.74, 6) is 5.53. The normalized spacial score (nSPS) is 10.5. The van der Waals surface area contributed by atoms with Crippen LogP contribution in [0.5, 0.6) is 0 Å². The Kier molecular flexibility index (Phi) is 7.37. The zero-order valence-corrected chi connectivity index (χ0v) is 18.0. The number of amides is 1. The molecule has 1 aromatic heterocycles. The maximum absolute atomic E-state index is 12.2. The number of alkyl carbamates (subject to hydrolysis) is 1. The maximum Gasteiger partial charge on any atom is 0.408 e. The van der Waals surface area contributed by atoms with Crippen molar-refractivity contribution in [1.29, 1.82) is 0 Å². The van der Waals surface area contributed by atoms with Gasteiger partial charge < -0.3 is 20.1 Å². The Morgan fingerprint density at radius 3 is 2.53 bits per heavy atom. The Labute approximate surface area is 176 Å². The average molecular weight is 410 g/mol. The first-order chi connectivity index (χ1) is 14.1. The van der Waals surface area contributed by atoms with Gasteiger partial charge in [0.1, 0.15) is 17.0 Å². The number of nitrogens with zero attached hydrogens (tertiary/aromatic N) is 2. The third kappa shape index (κ3) is 6.78. The van der Waals surface area contributed by atoms with Crippen molar-refractivity contribution < 1.29 is 19.1 Å². The topological polar surface area (TPSA) is 102 Å². The lowest BCUT2D eigenvalue weighted by molar-refractivity contribution is 0.0533. The second-order valence-electron chi connectivity index (χ2n) is 7.50. The molecule has 0 aliphatic heterocycles. The monoisotopic (exact) mass is 410 g/mol. The molecule has 8 nitrogen and oxygen atoms in total. The standard InChI is InChI=1S/C22H26N4O4/c1-14-9-7-10-16(13-14)25-19-18(20(27)29-6)15(2)24-17(26-19)11-8-12-23-21(28)30-22(3,4)5/h7,9-10,13H,12H2,1-6H3,(H,23,28)(H,24,25,26). The first-order valence-corrected chi connectivity index (χ1v) is 9.35. The molecule has 0 fully saturated rings. The Bertz CT molecular complexity index is 1000. The van der Waals surface area contributed by atoms with Crippen LogP contribution in [0.2, 0.25) is 0 Å². The van der Waals surface area contributed by atoms with Crippen LogP contribution in [0.4, 0.5) is 16.3 Å². The van der Waals surface area contributed by atoms with Gasteiger partial charge in [0.15, 0.2) is 0 Å². The number of carbonyl (C=O) groups is 2. The number of nitrogens with one attached hydrogen (secondary N) is 2. The van der Waals surface area contributed by atoms with Crippen molar-refractivity contribution in [3.63, 3.8) is 0 Å². The van der Waals surface area contributed by atoms with Gasteiger partial charge in [-0.15, -0.1) is 0 Å². The van der Waals surface area contributed by atoms with Crippen LogP contribution in [0.15, 0.2) is 24.3 Å². The van der Waals surface area contributed by atoms with Crippen LogP contribution in [0, 0.1) is 25.7 Å². The van der Waals surface area contributed by atoms with E-state index < -0.39 is 17.7 Å². The molecule has 0 aliphatic carbocycles. The number of methoxy groups -OCH3 is 1. The number of rotatable bonds is 4. The van der Waals surface area contributed by atoms with E-state index in [1.807, 2.05) is 31.2 Å². The number of aromatic nitrogens is 2. The van der Waals surface area contributed by atoms with Gasteiger partial charge in [-0.2, -0.15) is 0 Å². The number of esters is 1. The molecule has 0 saturated carbocycles. The van der Waals surface area contributed by atoms with Crippen molar-refractivity contribution in [3.8, 4) is 11.8 Å². The molecule has 1 aromatic carbocycles. The Morgan fingerprint density at radius 2 is 1.90 bits per heavy atom. The molecule has 0 radical (unpaired) electrons. The summed E-state index contributed by atoms with van der Waals surface area (Å²) in [6.45, 7) is 9.05. The van der Waals surface area contributed by atoms with E-state index >= 15 is 0 Å². The fourth-order valence-electron chi connectivity index (χ4n) is 2.48. The summed E-state index contributed by atoms with van der Waals surface area (Å²) in [6, 6.07) is 7.65. The van der Waals surface area contributed by atoms with Crippen LogP contribution in [0.1, 0.15) is 48.2 Å². The summed E-state index contributed by atoms with van der Waals surface area (Å²) in [5, 5.41) is 5.68. The number of anilines is 2. The quantitative estimate of drug-likeness (QED) is 0.587. The lowest BCUT2D eigenvalue weighted by Gasteiger charge is -2.19. The largest absolute Gasteiger partial charge is 0.465 e. The van der Waals surface area contributed by atoms with Crippen LogP contribution in [-0.4, -0.2) is 41.3 Å². The zero-order valence-electron chi connectivity index (χ0n) is 18.0. The van der Waals surface area contributed by atoms with Crippen molar-refractivity contribution in [2.75, 3.05) is 19.0 Å². The summed E-state index contributed by atoms with van der Waals surface area (Å²) in [5.41, 5.74) is 1.90. The molecule has 0 aliphatic rings. The molecule has 0 unspecified atom stereocenters. The average Bonchev–Trinajstić information content (AvgIpc) is 2.63. The van der Waals surface area contributed by atoms with Crippen molar-refractivity contribution in [1.82, 2.24) is 15.3 Å². The fourth-order valence-corrected chi connectivity index (χ4v) is 2.48. The molecule has 2 aromatic rings. The zero-order chi connectivity index (χ0) is 22.3. The van der Waals surface area contributed by atoms with Gasteiger partial charge in [-0.25, -0.2) is 19.6 Å². The highest BCUT2D eigenvalue weighted by molar-refractivity contribution is 5.96. The smallest absolute Gasteiger partial charge is 0.408 e.